The normalized spacial score (nSPS) is 10.4. The highest BCUT2D eigenvalue weighted by atomic mass is 32.2. The quantitative estimate of drug-likeness (QED) is 0.420. The third-order valence-corrected chi connectivity index (χ3v) is 4.34. The largest absolute Gasteiger partial charge is 0.334 e. The lowest BCUT2D eigenvalue weighted by Gasteiger charge is -2.09. The highest BCUT2D eigenvalue weighted by Crippen LogP contribution is 2.17. The molecule has 0 saturated heterocycles. The first kappa shape index (κ1) is 16.5. The predicted octanol–water partition coefficient (Wildman–Crippen LogP) is 1.71. The number of hydrogen-bond donors (Lipinski definition) is 2. The number of benzene rings is 2. The van der Waals surface area contributed by atoms with Gasteiger partial charge in [0.1, 0.15) is 0 Å². The van der Waals surface area contributed by atoms with Gasteiger partial charge in [0.15, 0.2) is 5.16 Å². The maximum Gasteiger partial charge on any atom is 0.280 e. The van der Waals surface area contributed by atoms with E-state index < -0.39 is 0 Å². The van der Waals surface area contributed by atoms with E-state index in [2.05, 4.69) is 10.3 Å². The first-order chi connectivity index (χ1) is 12.1. The van der Waals surface area contributed by atoms with E-state index in [1.54, 1.807) is 48.5 Å². The molecule has 1 amide bonds. The van der Waals surface area contributed by atoms with Crippen LogP contribution in [0.3, 0.4) is 0 Å². The molecule has 1 heterocycles. The maximum absolute atomic E-state index is 12.2. The Morgan fingerprint density at radius 1 is 1.28 bits per heavy atom. The summed E-state index contributed by atoms with van der Waals surface area (Å²) in [7, 11) is 0. The molecule has 1 aromatic heterocycles. The van der Waals surface area contributed by atoms with Gasteiger partial charge in [-0.1, -0.05) is 30.0 Å². The standard InChI is InChI=1S/C17H13N5O2S/c18-9-11-4-3-5-12(8-11)20-15(23)10-25-17-21-14-7-2-1-6-13(14)16(24)22(17)19/h1-8H,10,19H2,(H,20,23). The summed E-state index contributed by atoms with van der Waals surface area (Å²) in [6.07, 6.45) is 0. The van der Waals surface area contributed by atoms with Gasteiger partial charge in [-0.3, -0.25) is 9.59 Å². The smallest absolute Gasteiger partial charge is 0.280 e. The highest BCUT2D eigenvalue weighted by molar-refractivity contribution is 7.99. The zero-order valence-corrected chi connectivity index (χ0v) is 13.8. The zero-order valence-electron chi connectivity index (χ0n) is 13.0. The number of rotatable bonds is 4. The number of nitrogen functional groups attached to an aromatic ring is 1. The van der Waals surface area contributed by atoms with E-state index in [9.17, 15) is 9.59 Å². The van der Waals surface area contributed by atoms with Crippen LogP contribution in [0, 0.1) is 11.3 Å². The third-order valence-electron chi connectivity index (χ3n) is 3.38. The number of nitrogens with two attached hydrogens (primary N) is 1. The van der Waals surface area contributed by atoms with Crippen molar-refractivity contribution in [2.45, 2.75) is 5.16 Å². The summed E-state index contributed by atoms with van der Waals surface area (Å²) in [5, 5.41) is 12.2. The van der Waals surface area contributed by atoms with Crippen LogP contribution in [0.2, 0.25) is 0 Å². The molecule has 7 nitrogen and oxygen atoms in total. The molecule has 0 radical (unpaired) electrons. The van der Waals surface area contributed by atoms with E-state index >= 15 is 0 Å². The molecule has 3 N–H and O–H groups in total. The van der Waals surface area contributed by atoms with E-state index in [4.69, 9.17) is 11.1 Å². The average Bonchev–Trinajstić information content (AvgIpc) is 2.63. The number of aromatic nitrogens is 2. The fourth-order valence-corrected chi connectivity index (χ4v) is 2.94. The summed E-state index contributed by atoms with van der Waals surface area (Å²) < 4.78 is 0.941. The second-order valence-electron chi connectivity index (χ2n) is 5.12. The summed E-state index contributed by atoms with van der Waals surface area (Å²) >= 11 is 1.06. The Kier molecular flexibility index (Phi) is 4.68. The molecule has 124 valence electrons. The van der Waals surface area contributed by atoms with Gasteiger partial charge in [-0.15, -0.1) is 0 Å². The number of amides is 1. The number of fused-ring (bicyclic) bond motifs is 1. The minimum absolute atomic E-state index is 0.0265. The first-order valence-corrected chi connectivity index (χ1v) is 8.27. The molecule has 2 aromatic carbocycles. The number of anilines is 1. The van der Waals surface area contributed by atoms with Crippen LogP contribution in [-0.2, 0) is 4.79 Å². The van der Waals surface area contributed by atoms with Gasteiger partial charge in [-0.2, -0.15) is 5.26 Å². The zero-order chi connectivity index (χ0) is 17.8. The lowest BCUT2D eigenvalue weighted by atomic mass is 10.2. The molecular formula is C17H13N5O2S. The predicted molar refractivity (Wildman–Crippen MR) is 96.7 cm³/mol. The fourth-order valence-electron chi connectivity index (χ4n) is 2.22. The van der Waals surface area contributed by atoms with Crippen molar-refractivity contribution in [3.63, 3.8) is 0 Å². The van der Waals surface area contributed by atoms with Gasteiger partial charge < -0.3 is 11.2 Å². The monoisotopic (exact) mass is 351 g/mol. The molecule has 0 fully saturated rings. The Morgan fingerprint density at radius 2 is 2.08 bits per heavy atom. The van der Waals surface area contributed by atoms with Crippen molar-refractivity contribution in [2.24, 2.45) is 0 Å². The molecule has 3 aromatic rings. The molecule has 0 spiro atoms. The number of nitriles is 1. The summed E-state index contributed by atoms with van der Waals surface area (Å²) in [4.78, 5) is 28.6. The molecule has 0 saturated carbocycles. The van der Waals surface area contributed by atoms with Crippen molar-refractivity contribution in [1.82, 2.24) is 9.66 Å². The number of para-hydroxylation sites is 1. The molecule has 0 aliphatic heterocycles. The van der Waals surface area contributed by atoms with Crippen molar-refractivity contribution in [1.29, 1.82) is 5.26 Å². The Morgan fingerprint density at radius 3 is 2.88 bits per heavy atom. The minimum atomic E-state index is -0.366. The van der Waals surface area contributed by atoms with Crippen LogP contribution in [0.1, 0.15) is 5.56 Å². The second-order valence-corrected chi connectivity index (χ2v) is 6.06. The van der Waals surface area contributed by atoms with Crippen LogP contribution >= 0.6 is 11.8 Å². The third kappa shape index (κ3) is 3.62. The van der Waals surface area contributed by atoms with Crippen LogP contribution < -0.4 is 16.7 Å². The number of carbonyl (C=O) groups is 1. The lowest BCUT2D eigenvalue weighted by Crippen LogP contribution is -2.30. The van der Waals surface area contributed by atoms with E-state index in [0.717, 1.165) is 16.4 Å². The number of thioether (sulfide) groups is 1. The van der Waals surface area contributed by atoms with Gasteiger partial charge in [0, 0.05) is 5.69 Å². The Bertz CT molecular complexity index is 1050. The summed E-state index contributed by atoms with van der Waals surface area (Å²) in [6.45, 7) is 0. The van der Waals surface area contributed by atoms with Crippen molar-refractivity contribution >= 4 is 34.3 Å². The van der Waals surface area contributed by atoms with Crippen LogP contribution in [0.5, 0.6) is 0 Å². The summed E-state index contributed by atoms with van der Waals surface area (Å²) in [5.74, 6) is 5.52. The molecule has 25 heavy (non-hydrogen) atoms. The average molecular weight is 351 g/mol. The highest BCUT2D eigenvalue weighted by Gasteiger charge is 2.11. The van der Waals surface area contributed by atoms with Crippen LogP contribution in [0.25, 0.3) is 10.9 Å². The van der Waals surface area contributed by atoms with Crippen LogP contribution in [0.4, 0.5) is 5.69 Å². The first-order valence-electron chi connectivity index (χ1n) is 7.28. The summed E-state index contributed by atoms with van der Waals surface area (Å²) in [6, 6.07) is 15.5. The second kappa shape index (κ2) is 7.07. The van der Waals surface area contributed by atoms with Crippen LogP contribution in [-0.4, -0.2) is 21.3 Å². The molecule has 8 heteroatoms. The minimum Gasteiger partial charge on any atom is -0.334 e. The molecule has 3 rings (SSSR count). The summed E-state index contributed by atoms with van der Waals surface area (Å²) in [5.41, 5.74) is 1.15. The van der Waals surface area contributed by atoms with Gasteiger partial charge in [0.05, 0.1) is 28.3 Å². The number of hydrogen-bond acceptors (Lipinski definition) is 6. The maximum atomic E-state index is 12.2. The molecule has 0 unspecified atom stereocenters. The number of nitrogens with zero attached hydrogens (tertiary/aromatic N) is 3. The van der Waals surface area contributed by atoms with E-state index in [0.29, 0.717) is 22.2 Å². The number of carbonyl (C=O) groups excluding carboxylic acids is 1. The van der Waals surface area contributed by atoms with Gasteiger partial charge in [-0.05, 0) is 30.3 Å². The van der Waals surface area contributed by atoms with Gasteiger partial charge >= 0.3 is 0 Å². The molecule has 0 bridgehead atoms. The van der Waals surface area contributed by atoms with E-state index in [-0.39, 0.29) is 22.4 Å². The molecule has 0 atom stereocenters. The van der Waals surface area contributed by atoms with Crippen LogP contribution in [0.15, 0.2) is 58.5 Å². The van der Waals surface area contributed by atoms with Gasteiger partial charge in [-0.25, -0.2) is 9.66 Å². The van der Waals surface area contributed by atoms with Crippen molar-refractivity contribution in [3.05, 3.63) is 64.4 Å². The van der Waals surface area contributed by atoms with Crippen molar-refractivity contribution in [2.75, 3.05) is 16.9 Å². The number of nitrogens with one attached hydrogen (secondary N) is 1. The van der Waals surface area contributed by atoms with E-state index in [1.807, 2.05) is 6.07 Å². The molecular weight excluding hydrogens is 338 g/mol. The Hall–Kier alpha value is -3.31. The Labute approximate surface area is 147 Å². The molecule has 0 aliphatic carbocycles. The fraction of sp³-hybridized carbons (Fsp3) is 0.0588. The SMILES string of the molecule is N#Cc1cccc(NC(=O)CSc2nc3ccccc3c(=O)n2N)c1. The van der Waals surface area contributed by atoms with E-state index in [1.165, 1.54) is 0 Å². The topological polar surface area (TPSA) is 114 Å². The van der Waals surface area contributed by atoms with Gasteiger partial charge in [0.2, 0.25) is 5.91 Å². The lowest BCUT2D eigenvalue weighted by molar-refractivity contribution is -0.113. The molecule has 0 aliphatic rings. The van der Waals surface area contributed by atoms with Crippen molar-refractivity contribution < 1.29 is 4.79 Å². The van der Waals surface area contributed by atoms with Crippen molar-refractivity contribution in [3.8, 4) is 6.07 Å². The van der Waals surface area contributed by atoms with Gasteiger partial charge in [0.25, 0.3) is 5.56 Å². The Balaban J connectivity index is 1.74.